The third kappa shape index (κ3) is 2.62. The maximum atomic E-state index is 13.0. The van der Waals surface area contributed by atoms with E-state index in [-0.39, 0.29) is 4.83 Å². The third-order valence-electron chi connectivity index (χ3n) is 2.02. The molecule has 2 aromatic rings. The maximum absolute atomic E-state index is 13.0. The van der Waals surface area contributed by atoms with Gasteiger partial charge in [-0.05, 0) is 29.8 Å². The molecule has 0 N–H and O–H groups in total. The normalized spacial score (nSPS) is 12.8. The minimum Gasteiger partial charge on any atom is -0.207 e. The molecule has 1 aromatic carbocycles. The van der Waals surface area contributed by atoms with Crippen molar-refractivity contribution in [2.45, 2.75) is 4.83 Å². The van der Waals surface area contributed by atoms with E-state index in [9.17, 15) is 8.78 Å². The van der Waals surface area contributed by atoms with E-state index in [2.05, 4.69) is 15.9 Å². The molecule has 84 valence electrons. The van der Waals surface area contributed by atoms with E-state index < -0.39 is 11.6 Å². The van der Waals surface area contributed by atoms with Gasteiger partial charge in [0.15, 0.2) is 0 Å². The summed E-state index contributed by atoms with van der Waals surface area (Å²) in [4.78, 5) is 0.671. The van der Waals surface area contributed by atoms with Gasteiger partial charge in [0.05, 0.1) is 9.16 Å². The molecule has 0 aliphatic carbocycles. The van der Waals surface area contributed by atoms with Crippen LogP contribution in [0.25, 0.3) is 0 Å². The van der Waals surface area contributed by atoms with Gasteiger partial charge < -0.3 is 0 Å². The zero-order valence-corrected chi connectivity index (χ0v) is 11.0. The highest BCUT2D eigenvalue weighted by atomic mass is 79.9. The Balaban J connectivity index is 2.37. The van der Waals surface area contributed by atoms with E-state index in [1.165, 1.54) is 23.5 Å². The number of halogens is 4. The monoisotopic (exact) mass is 322 g/mol. The summed E-state index contributed by atoms with van der Waals surface area (Å²) >= 11 is 10.6. The van der Waals surface area contributed by atoms with Crippen LogP contribution in [-0.4, -0.2) is 0 Å². The molecule has 1 heterocycles. The molecular weight excluding hydrogens is 318 g/mol. The third-order valence-corrected chi connectivity index (χ3v) is 4.64. The number of benzene rings is 1. The number of rotatable bonds is 2. The van der Waals surface area contributed by atoms with Crippen molar-refractivity contribution in [1.82, 2.24) is 0 Å². The molecule has 0 nitrogen and oxygen atoms in total. The second kappa shape index (κ2) is 4.82. The van der Waals surface area contributed by atoms with Crippen molar-refractivity contribution in [2.24, 2.45) is 0 Å². The Morgan fingerprint density at radius 3 is 2.25 bits per heavy atom. The predicted molar refractivity (Wildman–Crippen MR) is 66.5 cm³/mol. The highest BCUT2D eigenvalue weighted by molar-refractivity contribution is 9.09. The summed E-state index contributed by atoms with van der Waals surface area (Å²) in [6.45, 7) is 0. The van der Waals surface area contributed by atoms with E-state index in [1.54, 1.807) is 6.07 Å². The summed E-state index contributed by atoms with van der Waals surface area (Å²) < 4.78 is 26.7. The lowest BCUT2D eigenvalue weighted by Gasteiger charge is -2.08. The Hall–Kier alpha value is -0.450. The largest absolute Gasteiger partial charge is 0.207 e. The first-order valence-electron chi connectivity index (χ1n) is 4.41. The van der Waals surface area contributed by atoms with Crippen molar-refractivity contribution >= 4 is 38.9 Å². The van der Waals surface area contributed by atoms with E-state index in [4.69, 9.17) is 11.6 Å². The average Bonchev–Trinajstić information content (AvgIpc) is 2.62. The van der Waals surface area contributed by atoms with Crippen LogP contribution < -0.4 is 0 Å². The van der Waals surface area contributed by atoms with Crippen LogP contribution in [0.1, 0.15) is 15.3 Å². The molecule has 0 amide bonds. The molecule has 0 fully saturated rings. The summed E-state index contributed by atoms with van der Waals surface area (Å²) in [5, 5.41) is 0. The van der Waals surface area contributed by atoms with Crippen LogP contribution in [0.2, 0.25) is 4.34 Å². The predicted octanol–water partition coefficient (Wildman–Crippen LogP) is 5.16. The molecule has 0 aliphatic rings. The van der Waals surface area contributed by atoms with Gasteiger partial charge in [0, 0.05) is 10.9 Å². The van der Waals surface area contributed by atoms with Gasteiger partial charge in [0.25, 0.3) is 0 Å². The van der Waals surface area contributed by atoms with Crippen LogP contribution in [0, 0.1) is 11.6 Å². The average molecular weight is 324 g/mol. The SMILES string of the molecule is Fc1cc(F)cc(C(Br)c2ccc(Cl)s2)c1. The lowest BCUT2D eigenvalue weighted by Crippen LogP contribution is -1.92. The molecule has 16 heavy (non-hydrogen) atoms. The lowest BCUT2D eigenvalue weighted by atomic mass is 10.1. The number of hydrogen-bond donors (Lipinski definition) is 0. The number of alkyl halides is 1. The first-order chi connectivity index (χ1) is 7.56. The highest BCUT2D eigenvalue weighted by Crippen LogP contribution is 2.37. The first-order valence-corrected chi connectivity index (χ1v) is 6.52. The minimum atomic E-state index is -0.581. The smallest absolute Gasteiger partial charge is 0.126 e. The molecule has 2 rings (SSSR count). The first kappa shape index (κ1) is 12.0. The molecule has 0 saturated heterocycles. The fourth-order valence-electron chi connectivity index (χ4n) is 1.35. The summed E-state index contributed by atoms with van der Waals surface area (Å²) in [5.74, 6) is -1.16. The van der Waals surface area contributed by atoms with Gasteiger partial charge in [-0.25, -0.2) is 8.78 Å². The van der Waals surface area contributed by atoms with Crippen LogP contribution in [0.5, 0.6) is 0 Å². The molecule has 0 bridgehead atoms. The Kier molecular flexibility index (Phi) is 3.62. The zero-order chi connectivity index (χ0) is 11.7. The molecule has 5 heteroatoms. The van der Waals surface area contributed by atoms with Gasteiger partial charge >= 0.3 is 0 Å². The molecule has 1 aromatic heterocycles. The van der Waals surface area contributed by atoms with Crippen molar-refractivity contribution in [3.8, 4) is 0 Å². The molecular formula is C11H6BrClF2S. The summed E-state index contributed by atoms with van der Waals surface area (Å²) in [6.07, 6.45) is 0. The quantitative estimate of drug-likeness (QED) is 0.669. The molecule has 0 saturated carbocycles. The van der Waals surface area contributed by atoms with Crippen LogP contribution >= 0.6 is 38.9 Å². The summed E-state index contributed by atoms with van der Waals surface area (Å²) in [6, 6.07) is 7.04. The van der Waals surface area contributed by atoms with Gasteiger partial charge in [0.1, 0.15) is 11.6 Å². The zero-order valence-electron chi connectivity index (χ0n) is 7.88. The Bertz CT molecular complexity index is 492. The summed E-state index contributed by atoms with van der Waals surface area (Å²) in [5.41, 5.74) is 0.538. The lowest BCUT2D eigenvalue weighted by molar-refractivity contribution is 0.580. The van der Waals surface area contributed by atoms with Gasteiger partial charge in [-0.15, -0.1) is 11.3 Å². The fourth-order valence-corrected chi connectivity index (χ4v) is 3.11. The second-order valence-electron chi connectivity index (χ2n) is 3.21. The van der Waals surface area contributed by atoms with E-state index in [1.807, 2.05) is 6.07 Å². The Labute approximate surface area is 109 Å². The van der Waals surface area contributed by atoms with Crippen molar-refractivity contribution in [1.29, 1.82) is 0 Å². The number of hydrogen-bond acceptors (Lipinski definition) is 1. The van der Waals surface area contributed by atoms with Gasteiger partial charge in [-0.2, -0.15) is 0 Å². The van der Waals surface area contributed by atoms with E-state index in [0.717, 1.165) is 10.9 Å². The molecule has 1 atom stereocenters. The maximum Gasteiger partial charge on any atom is 0.126 e. The van der Waals surface area contributed by atoms with E-state index >= 15 is 0 Å². The van der Waals surface area contributed by atoms with Crippen LogP contribution in [0.3, 0.4) is 0 Å². The second-order valence-corrected chi connectivity index (χ2v) is 5.87. The minimum absolute atomic E-state index is 0.241. The van der Waals surface area contributed by atoms with Gasteiger partial charge in [-0.3, -0.25) is 0 Å². The fraction of sp³-hybridized carbons (Fsp3) is 0.0909. The van der Waals surface area contributed by atoms with Crippen molar-refractivity contribution in [3.05, 3.63) is 56.7 Å². The molecule has 0 aliphatic heterocycles. The van der Waals surface area contributed by atoms with Crippen LogP contribution in [-0.2, 0) is 0 Å². The van der Waals surface area contributed by atoms with Gasteiger partial charge in [-0.1, -0.05) is 27.5 Å². The Morgan fingerprint density at radius 2 is 1.75 bits per heavy atom. The van der Waals surface area contributed by atoms with Crippen molar-refractivity contribution in [3.63, 3.8) is 0 Å². The van der Waals surface area contributed by atoms with Gasteiger partial charge in [0.2, 0.25) is 0 Å². The molecule has 0 spiro atoms. The molecule has 1 unspecified atom stereocenters. The van der Waals surface area contributed by atoms with E-state index in [0.29, 0.717) is 9.90 Å². The topological polar surface area (TPSA) is 0 Å². The standard InChI is InChI=1S/C11H6BrClF2S/c12-11(9-1-2-10(13)16-9)6-3-7(14)5-8(15)4-6/h1-5,11H. The Morgan fingerprint density at radius 1 is 1.12 bits per heavy atom. The van der Waals surface area contributed by atoms with Crippen LogP contribution in [0.4, 0.5) is 8.78 Å². The molecule has 0 radical (unpaired) electrons. The van der Waals surface area contributed by atoms with Crippen molar-refractivity contribution in [2.75, 3.05) is 0 Å². The summed E-state index contributed by atoms with van der Waals surface area (Å²) in [7, 11) is 0. The van der Waals surface area contributed by atoms with Crippen molar-refractivity contribution < 1.29 is 8.78 Å². The van der Waals surface area contributed by atoms with Crippen LogP contribution in [0.15, 0.2) is 30.3 Å². The highest BCUT2D eigenvalue weighted by Gasteiger charge is 2.14. The number of thiophene rings is 1.